The highest BCUT2D eigenvalue weighted by Crippen LogP contribution is 2.49. The van der Waals surface area contributed by atoms with Crippen LogP contribution in [0, 0.1) is 0 Å². The number of ether oxygens (including phenoxy) is 1. The largest absolute Gasteiger partial charge is 0.497 e. The molecule has 0 amide bonds. The molecule has 0 N–H and O–H groups in total. The Hall–Kier alpha value is -1.76. The molecule has 0 spiro atoms. The fraction of sp³-hybridized carbons (Fsp3) is 0.333. The Labute approximate surface area is 115 Å². The van der Waals surface area contributed by atoms with E-state index in [1.807, 2.05) is 0 Å². The molecule has 2 aromatic carbocycles. The number of rotatable bonds is 2. The van der Waals surface area contributed by atoms with E-state index in [0.29, 0.717) is 5.92 Å². The van der Waals surface area contributed by atoms with E-state index < -0.39 is 0 Å². The zero-order valence-corrected chi connectivity index (χ0v) is 11.8. The number of benzene rings is 2. The van der Waals surface area contributed by atoms with Gasteiger partial charge in [-0.05, 0) is 40.7 Å². The van der Waals surface area contributed by atoms with Gasteiger partial charge in [-0.25, -0.2) is 0 Å². The molecule has 1 unspecified atom stereocenters. The zero-order valence-electron chi connectivity index (χ0n) is 11.8. The first-order chi connectivity index (χ1) is 9.12. The number of methoxy groups -OCH3 is 1. The van der Waals surface area contributed by atoms with Crippen LogP contribution in [0.5, 0.6) is 5.75 Å². The fourth-order valence-corrected chi connectivity index (χ4v) is 3.29. The molecule has 0 heterocycles. The maximum absolute atomic E-state index is 5.39. The predicted octanol–water partition coefficient (Wildman–Crippen LogP) is 4.51. The molecule has 0 aliphatic heterocycles. The van der Waals surface area contributed by atoms with Gasteiger partial charge >= 0.3 is 0 Å². The maximum atomic E-state index is 5.39. The highest BCUT2D eigenvalue weighted by molar-refractivity contribution is 5.50. The quantitative estimate of drug-likeness (QED) is 0.764. The summed E-state index contributed by atoms with van der Waals surface area (Å²) >= 11 is 0. The Kier molecular flexibility index (Phi) is 2.85. The van der Waals surface area contributed by atoms with E-state index >= 15 is 0 Å². The van der Waals surface area contributed by atoms with Gasteiger partial charge in [-0.1, -0.05) is 50.2 Å². The molecule has 1 atom stereocenters. The first-order valence-corrected chi connectivity index (χ1v) is 6.85. The van der Waals surface area contributed by atoms with E-state index in [0.717, 1.165) is 5.75 Å². The van der Waals surface area contributed by atoms with Gasteiger partial charge in [-0.2, -0.15) is 0 Å². The van der Waals surface area contributed by atoms with Crippen molar-refractivity contribution in [2.24, 2.45) is 0 Å². The Morgan fingerprint density at radius 3 is 2.47 bits per heavy atom. The van der Waals surface area contributed by atoms with E-state index in [2.05, 4.69) is 62.4 Å². The van der Waals surface area contributed by atoms with Gasteiger partial charge in [0.2, 0.25) is 0 Å². The van der Waals surface area contributed by atoms with Crippen molar-refractivity contribution in [3.8, 4) is 5.75 Å². The van der Waals surface area contributed by atoms with Crippen molar-refractivity contribution in [3.05, 3.63) is 65.2 Å². The van der Waals surface area contributed by atoms with Crippen LogP contribution in [0.1, 0.15) is 42.9 Å². The van der Waals surface area contributed by atoms with Crippen LogP contribution in [0.3, 0.4) is 0 Å². The summed E-state index contributed by atoms with van der Waals surface area (Å²) in [6.45, 7) is 4.67. The van der Waals surface area contributed by atoms with Crippen LogP contribution in [-0.2, 0) is 5.41 Å². The van der Waals surface area contributed by atoms with Gasteiger partial charge in [0.15, 0.2) is 0 Å². The lowest BCUT2D eigenvalue weighted by Crippen LogP contribution is -2.12. The van der Waals surface area contributed by atoms with Crippen molar-refractivity contribution in [3.63, 3.8) is 0 Å². The van der Waals surface area contributed by atoms with Gasteiger partial charge in [0.25, 0.3) is 0 Å². The summed E-state index contributed by atoms with van der Waals surface area (Å²) in [6, 6.07) is 17.3. The van der Waals surface area contributed by atoms with Gasteiger partial charge < -0.3 is 4.74 Å². The molecule has 0 fully saturated rings. The van der Waals surface area contributed by atoms with Crippen molar-refractivity contribution in [2.45, 2.75) is 31.6 Å². The van der Waals surface area contributed by atoms with Crippen molar-refractivity contribution in [1.29, 1.82) is 0 Å². The lowest BCUT2D eigenvalue weighted by atomic mass is 9.85. The predicted molar refractivity (Wildman–Crippen MR) is 78.9 cm³/mol. The minimum atomic E-state index is 0.238. The highest BCUT2D eigenvalue weighted by Gasteiger charge is 2.37. The third-order valence-electron chi connectivity index (χ3n) is 4.28. The molecule has 2 aromatic rings. The van der Waals surface area contributed by atoms with Crippen molar-refractivity contribution in [1.82, 2.24) is 0 Å². The van der Waals surface area contributed by atoms with E-state index in [1.165, 1.54) is 23.1 Å². The number of hydrogen-bond donors (Lipinski definition) is 0. The Morgan fingerprint density at radius 2 is 1.79 bits per heavy atom. The second-order valence-corrected chi connectivity index (χ2v) is 6.00. The Morgan fingerprint density at radius 1 is 1.05 bits per heavy atom. The van der Waals surface area contributed by atoms with Crippen molar-refractivity contribution < 1.29 is 4.74 Å². The van der Waals surface area contributed by atoms with Gasteiger partial charge in [0.1, 0.15) is 5.75 Å². The van der Waals surface area contributed by atoms with E-state index in [-0.39, 0.29) is 5.41 Å². The van der Waals surface area contributed by atoms with E-state index in [4.69, 9.17) is 4.74 Å². The monoisotopic (exact) mass is 252 g/mol. The SMILES string of the molecule is COc1ccc2c(c1)C(c1ccccc1)CC2(C)C. The summed E-state index contributed by atoms with van der Waals surface area (Å²) in [5, 5.41) is 0. The van der Waals surface area contributed by atoms with Gasteiger partial charge in [-0.15, -0.1) is 0 Å². The van der Waals surface area contributed by atoms with Crippen LogP contribution in [0.2, 0.25) is 0 Å². The molecule has 0 bridgehead atoms. The molecule has 1 heteroatoms. The summed E-state index contributed by atoms with van der Waals surface area (Å²) in [5.41, 5.74) is 4.53. The van der Waals surface area contributed by atoms with Crippen LogP contribution in [0.25, 0.3) is 0 Å². The van der Waals surface area contributed by atoms with Crippen molar-refractivity contribution in [2.75, 3.05) is 7.11 Å². The van der Waals surface area contributed by atoms with Gasteiger partial charge in [-0.3, -0.25) is 0 Å². The molecular weight excluding hydrogens is 232 g/mol. The molecule has 1 aliphatic rings. The van der Waals surface area contributed by atoms with Crippen LogP contribution < -0.4 is 4.74 Å². The van der Waals surface area contributed by atoms with Crippen molar-refractivity contribution >= 4 is 0 Å². The number of hydrogen-bond acceptors (Lipinski definition) is 1. The Balaban J connectivity index is 2.12. The first-order valence-electron chi connectivity index (χ1n) is 6.85. The highest BCUT2D eigenvalue weighted by atomic mass is 16.5. The summed E-state index contributed by atoms with van der Waals surface area (Å²) < 4.78 is 5.39. The molecule has 0 aromatic heterocycles. The van der Waals surface area contributed by atoms with Crippen LogP contribution in [0.4, 0.5) is 0 Å². The third kappa shape index (κ3) is 2.03. The third-order valence-corrected chi connectivity index (χ3v) is 4.28. The normalized spacial score (nSPS) is 20.1. The van der Waals surface area contributed by atoms with Crippen LogP contribution in [0.15, 0.2) is 48.5 Å². The molecule has 3 rings (SSSR count). The lowest BCUT2D eigenvalue weighted by molar-refractivity contribution is 0.414. The molecule has 0 saturated heterocycles. The minimum Gasteiger partial charge on any atom is -0.497 e. The Bertz CT molecular complexity index is 584. The summed E-state index contributed by atoms with van der Waals surface area (Å²) in [6.07, 6.45) is 1.17. The second-order valence-electron chi connectivity index (χ2n) is 6.00. The molecule has 98 valence electrons. The minimum absolute atomic E-state index is 0.238. The fourth-order valence-electron chi connectivity index (χ4n) is 3.29. The standard InChI is InChI=1S/C18H20O/c1-18(2)12-16(13-7-5-4-6-8-13)15-11-14(19-3)9-10-17(15)18/h4-11,16H,12H2,1-3H3. The summed E-state index contributed by atoms with van der Waals surface area (Å²) in [4.78, 5) is 0. The first kappa shape index (κ1) is 12.3. The molecule has 0 saturated carbocycles. The van der Waals surface area contributed by atoms with Gasteiger partial charge in [0.05, 0.1) is 7.11 Å². The zero-order chi connectivity index (χ0) is 13.5. The average Bonchev–Trinajstić information content (AvgIpc) is 2.71. The summed E-state index contributed by atoms with van der Waals surface area (Å²) in [5.74, 6) is 1.44. The second kappa shape index (κ2) is 4.41. The topological polar surface area (TPSA) is 9.23 Å². The van der Waals surface area contributed by atoms with Crippen LogP contribution >= 0.6 is 0 Å². The molecule has 0 radical (unpaired) electrons. The molecule has 1 nitrogen and oxygen atoms in total. The summed E-state index contributed by atoms with van der Waals surface area (Å²) in [7, 11) is 1.74. The molecule has 1 aliphatic carbocycles. The van der Waals surface area contributed by atoms with E-state index in [1.54, 1.807) is 7.11 Å². The van der Waals surface area contributed by atoms with Gasteiger partial charge in [0, 0.05) is 5.92 Å². The lowest BCUT2D eigenvalue weighted by Gasteiger charge is -2.19. The molecular formula is C18H20O. The smallest absolute Gasteiger partial charge is 0.119 e. The average molecular weight is 252 g/mol. The number of fused-ring (bicyclic) bond motifs is 1. The molecule has 19 heavy (non-hydrogen) atoms. The van der Waals surface area contributed by atoms with Crippen LogP contribution in [-0.4, -0.2) is 7.11 Å². The van der Waals surface area contributed by atoms with E-state index in [9.17, 15) is 0 Å². The maximum Gasteiger partial charge on any atom is 0.119 e.